The van der Waals surface area contributed by atoms with Crippen LogP contribution in [0.15, 0.2) is 0 Å². The number of carboxylic acids is 2. The number of aliphatic hydroxyl groups excluding tert-OH is 6. The van der Waals surface area contributed by atoms with Crippen molar-refractivity contribution in [1.82, 2.24) is 0 Å². The molecule has 8 rings (SSSR count). The molecule has 8 fully saturated rings. The first-order valence-electron chi connectivity index (χ1n) is 23.7. The van der Waals surface area contributed by atoms with Crippen LogP contribution in [0.5, 0.6) is 0 Å². The second-order valence-corrected chi connectivity index (χ2v) is 22.8. The van der Waals surface area contributed by atoms with Crippen LogP contribution < -0.4 is 69.3 Å². The molecule has 0 aliphatic heterocycles. The van der Waals surface area contributed by atoms with E-state index >= 15 is 0 Å². The molecule has 0 radical (unpaired) electrons. The molecule has 0 bridgehead atoms. The average Bonchev–Trinajstić information content (AvgIpc) is 3.70. The predicted octanol–water partition coefficient (Wildman–Crippen LogP) is -1.76. The second-order valence-electron chi connectivity index (χ2n) is 22.8. The minimum atomic E-state index is -0.998. The number of carboxylic acid groups (broad SMARTS) is 2. The Balaban J connectivity index is 0.000000220. The number of rotatable bonds is 8. The Morgan fingerprint density at radius 1 is 0.533 bits per heavy atom. The van der Waals surface area contributed by atoms with Gasteiger partial charge in [0.2, 0.25) is 0 Å². The number of hydrogen-bond donors (Lipinski definition) is 6. The van der Waals surface area contributed by atoms with E-state index in [1.807, 2.05) is 0 Å². The van der Waals surface area contributed by atoms with Gasteiger partial charge in [0.15, 0.2) is 0 Å². The van der Waals surface area contributed by atoms with E-state index in [-0.39, 0.29) is 165 Å². The monoisotopic (exact) mass is 861 g/mol. The minimum absolute atomic E-state index is 0. The Morgan fingerprint density at radius 3 is 1.22 bits per heavy atom. The van der Waals surface area contributed by atoms with E-state index in [9.17, 15) is 50.4 Å². The Kier molecular flexibility index (Phi) is 16.8. The van der Waals surface area contributed by atoms with Crippen molar-refractivity contribution < 1.29 is 110 Å². The third-order valence-corrected chi connectivity index (χ3v) is 20.6. The van der Waals surface area contributed by atoms with E-state index in [1.54, 1.807) is 0 Å². The van der Waals surface area contributed by atoms with Gasteiger partial charge in [0.25, 0.3) is 0 Å². The molecule has 0 heterocycles. The third kappa shape index (κ3) is 8.84. The first kappa shape index (κ1) is 51.7. The molecule has 0 aromatic carbocycles. The van der Waals surface area contributed by atoms with Crippen LogP contribution in [-0.4, -0.2) is 79.2 Å². The molecule has 8 aliphatic rings. The molecule has 8 saturated carbocycles. The van der Waals surface area contributed by atoms with E-state index in [2.05, 4.69) is 41.5 Å². The fraction of sp³-hybridized carbons (Fsp3) is 0.958. The molecule has 8 aliphatic carbocycles. The average molecular weight is 861 g/mol. The Bertz CT molecular complexity index is 1390. The van der Waals surface area contributed by atoms with E-state index in [0.29, 0.717) is 36.5 Å². The molecule has 6 N–H and O–H groups in total. The van der Waals surface area contributed by atoms with Crippen LogP contribution in [-0.2, 0) is 9.59 Å². The SMILES string of the molecule is C[C@H](CCC(=O)[O-])[C@H]1CC[C@H]2[C@@H]3[C@H](O)C[C@@H]4C[C@H](O)CC[C@]4(C)[C@H]3C[C@H](O)[C@]12C.C[C@H](CCC(=O)[O-])[C@H]1CC[C@H]2[C@@H]3[C@H](O)C[C@@H]4C[C@H](O)CC[C@]4(C)[C@H]3C[C@H](O)[C@]12C.[Na+].[Na+]. The fourth-order valence-corrected chi connectivity index (χ4v) is 17.4. The Hall–Kier alpha value is 0.700. The molecule has 12 heteroatoms. The molecule has 332 valence electrons. The molecule has 60 heavy (non-hydrogen) atoms. The first-order valence-corrected chi connectivity index (χ1v) is 23.7. The molecule has 0 amide bonds. The second kappa shape index (κ2) is 19.5. The molecule has 10 nitrogen and oxygen atoms in total. The van der Waals surface area contributed by atoms with Crippen LogP contribution in [0.4, 0.5) is 0 Å². The van der Waals surface area contributed by atoms with Crippen LogP contribution in [0.25, 0.3) is 0 Å². The van der Waals surface area contributed by atoms with Crippen molar-refractivity contribution in [1.29, 1.82) is 0 Å². The van der Waals surface area contributed by atoms with Crippen LogP contribution in [0, 0.1) is 92.7 Å². The topological polar surface area (TPSA) is 202 Å². The van der Waals surface area contributed by atoms with Gasteiger partial charge >= 0.3 is 59.1 Å². The van der Waals surface area contributed by atoms with Crippen molar-refractivity contribution in [3.63, 3.8) is 0 Å². The van der Waals surface area contributed by atoms with Gasteiger partial charge in [0.05, 0.1) is 36.6 Å². The first-order chi connectivity index (χ1) is 27.2. The summed E-state index contributed by atoms with van der Waals surface area (Å²) in [6.45, 7) is 13.3. The summed E-state index contributed by atoms with van der Waals surface area (Å²) in [5.41, 5.74) is -0.343. The van der Waals surface area contributed by atoms with Gasteiger partial charge in [-0.2, -0.15) is 0 Å². The van der Waals surface area contributed by atoms with Crippen molar-refractivity contribution in [3.8, 4) is 0 Å². The van der Waals surface area contributed by atoms with E-state index in [1.165, 1.54) is 0 Å². The summed E-state index contributed by atoms with van der Waals surface area (Å²) in [6, 6.07) is 0. The van der Waals surface area contributed by atoms with Gasteiger partial charge in [-0.3, -0.25) is 0 Å². The zero-order valence-electron chi connectivity index (χ0n) is 38.4. The zero-order valence-corrected chi connectivity index (χ0v) is 42.4. The van der Waals surface area contributed by atoms with Gasteiger partial charge in [-0.05, 0) is 208 Å². The third-order valence-electron chi connectivity index (χ3n) is 20.6. The summed E-state index contributed by atoms with van der Waals surface area (Å²) in [4.78, 5) is 21.9. The predicted molar refractivity (Wildman–Crippen MR) is 215 cm³/mol. The van der Waals surface area contributed by atoms with Crippen molar-refractivity contribution >= 4 is 11.9 Å². The van der Waals surface area contributed by atoms with Gasteiger partial charge < -0.3 is 50.4 Å². The van der Waals surface area contributed by atoms with E-state index in [0.717, 1.165) is 89.9 Å². The molecule has 0 aromatic rings. The molecule has 0 unspecified atom stereocenters. The number of carbonyl (C=O) groups excluding carboxylic acids is 2. The number of aliphatic carboxylic acids is 2. The molecule has 0 aromatic heterocycles. The van der Waals surface area contributed by atoms with Gasteiger partial charge in [-0.1, -0.05) is 41.5 Å². The molecule has 0 spiro atoms. The van der Waals surface area contributed by atoms with Crippen molar-refractivity contribution in [2.45, 2.75) is 194 Å². The normalized spacial score (nSPS) is 51.1. The van der Waals surface area contributed by atoms with Crippen LogP contribution in [0.2, 0.25) is 0 Å². The quantitative estimate of drug-likeness (QED) is 0.152. The molecule has 0 saturated heterocycles. The summed E-state index contributed by atoms with van der Waals surface area (Å²) in [7, 11) is 0. The number of fused-ring (bicyclic) bond motifs is 10. The maximum atomic E-state index is 11.5. The standard InChI is InChI=1S/2C24H40O5.2Na/c2*1-13(4-7-21(28)29)16-5-6-17-22-18(12-20(27)24(16,17)3)23(2)9-8-15(25)10-14(23)11-19(22)26;;/h2*13-20,22,25-27H,4-12H2,1-3H3,(H,28,29);;/q;;2*+1/p-2/t2*13-,14+,15-,16-,17+,18+,19-,20+,22+,23+,24-;;/m11../s1. The number of carbonyl (C=O) groups is 2. The van der Waals surface area contributed by atoms with Crippen molar-refractivity contribution in [3.05, 3.63) is 0 Å². The Labute approximate surface area is 404 Å². The molecule has 22 atom stereocenters. The van der Waals surface area contributed by atoms with Crippen molar-refractivity contribution in [2.24, 2.45) is 92.7 Å². The maximum absolute atomic E-state index is 11.5. The van der Waals surface area contributed by atoms with Crippen LogP contribution >= 0.6 is 0 Å². The number of aliphatic hydroxyl groups is 6. The Morgan fingerprint density at radius 2 is 0.883 bits per heavy atom. The van der Waals surface area contributed by atoms with Gasteiger partial charge in [0, 0.05) is 11.9 Å². The van der Waals surface area contributed by atoms with Gasteiger partial charge in [-0.25, -0.2) is 0 Å². The minimum Gasteiger partial charge on any atom is -0.550 e. The smallest absolute Gasteiger partial charge is 0.550 e. The summed E-state index contributed by atoms with van der Waals surface area (Å²) in [6.07, 6.45) is 11.4. The van der Waals surface area contributed by atoms with Crippen molar-refractivity contribution in [2.75, 3.05) is 0 Å². The summed E-state index contributed by atoms with van der Waals surface area (Å²) in [5, 5.41) is 87.7. The molecular weight excluding hydrogens is 782 g/mol. The fourth-order valence-electron chi connectivity index (χ4n) is 17.4. The summed E-state index contributed by atoms with van der Waals surface area (Å²) in [5.74, 6) is 1.27. The van der Waals surface area contributed by atoms with Crippen LogP contribution in [0.1, 0.15) is 157 Å². The summed E-state index contributed by atoms with van der Waals surface area (Å²) >= 11 is 0. The maximum Gasteiger partial charge on any atom is 1.00 e. The van der Waals surface area contributed by atoms with E-state index in [4.69, 9.17) is 0 Å². The largest absolute Gasteiger partial charge is 1.00 e. The summed E-state index contributed by atoms with van der Waals surface area (Å²) < 4.78 is 0. The van der Waals surface area contributed by atoms with E-state index < -0.39 is 24.1 Å². The zero-order chi connectivity index (χ0) is 42.3. The van der Waals surface area contributed by atoms with Gasteiger partial charge in [0.1, 0.15) is 0 Å². The molecular formula is C48H78Na2O10. The van der Waals surface area contributed by atoms with Gasteiger partial charge in [-0.15, -0.1) is 0 Å². The number of hydrogen-bond acceptors (Lipinski definition) is 10. The van der Waals surface area contributed by atoms with Crippen LogP contribution in [0.3, 0.4) is 0 Å².